The van der Waals surface area contributed by atoms with E-state index in [4.69, 9.17) is 10.2 Å². The van der Waals surface area contributed by atoms with Gasteiger partial charge in [0, 0.05) is 0 Å². The lowest BCUT2D eigenvalue weighted by atomic mass is 10.5. The SMILES string of the molecule is O=C(O)c1nc(O)cc(=O)[nH]1. The van der Waals surface area contributed by atoms with Gasteiger partial charge in [-0.3, -0.25) is 4.79 Å². The van der Waals surface area contributed by atoms with E-state index in [0.29, 0.717) is 0 Å². The highest BCUT2D eigenvalue weighted by Crippen LogP contribution is 1.96. The Labute approximate surface area is 60.1 Å². The average Bonchev–Trinajstić information content (AvgIpc) is 1.85. The average molecular weight is 156 g/mol. The molecule has 3 N–H and O–H groups in total. The number of hydrogen-bond donors (Lipinski definition) is 3. The number of aromatic carboxylic acids is 1. The van der Waals surface area contributed by atoms with Gasteiger partial charge in [0.25, 0.3) is 5.56 Å². The Balaban J connectivity index is 3.30. The summed E-state index contributed by atoms with van der Waals surface area (Å²) in [4.78, 5) is 25.7. The smallest absolute Gasteiger partial charge is 0.372 e. The fourth-order valence-corrected chi connectivity index (χ4v) is 0.546. The molecule has 0 aromatic carbocycles. The normalized spacial score (nSPS) is 9.45. The van der Waals surface area contributed by atoms with E-state index in [0.717, 1.165) is 6.07 Å². The number of rotatable bonds is 1. The quantitative estimate of drug-likeness (QED) is 0.492. The van der Waals surface area contributed by atoms with Crippen molar-refractivity contribution in [2.45, 2.75) is 0 Å². The van der Waals surface area contributed by atoms with Crippen LogP contribution in [0.15, 0.2) is 10.9 Å². The Morgan fingerprint density at radius 1 is 1.64 bits per heavy atom. The predicted molar refractivity (Wildman–Crippen MR) is 33.5 cm³/mol. The number of carboxylic acids is 1. The standard InChI is InChI=1S/C5H4N2O4/c8-2-1-3(9)7-4(6-2)5(10)11/h1H,(H,10,11)(H2,6,7,8,9). The first-order chi connectivity index (χ1) is 5.09. The molecule has 0 aliphatic rings. The molecule has 0 atom stereocenters. The largest absolute Gasteiger partial charge is 0.493 e. The first-order valence-corrected chi connectivity index (χ1v) is 2.63. The van der Waals surface area contributed by atoms with Gasteiger partial charge in [-0.25, -0.2) is 4.79 Å². The minimum Gasteiger partial charge on any atom is -0.493 e. The molecular formula is C5H4N2O4. The maximum Gasteiger partial charge on any atom is 0.372 e. The summed E-state index contributed by atoms with van der Waals surface area (Å²) in [6, 6.07) is 0.784. The molecule has 58 valence electrons. The summed E-state index contributed by atoms with van der Waals surface area (Å²) in [6.45, 7) is 0. The van der Waals surface area contributed by atoms with Crippen molar-refractivity contribution < 1.29 is 15.0 Å². The van der Waals surface area contributed by atoms with Crippen LogP contribution in [0.2, 0.25) is 0 Å². The Kier molecular flexibility index (Phi) is 1.59. The van der Waals surface area contributed by atoms with Crippen LogP contribution in [0.1, 0.15) is 10.6 Å². The van der Waals surface area contributed by atoms with Crippen LogP contribution >= 0.6 is 0 Å². The number of aromatic amines is 1. The maximum atomic E-state index is 10.5. The second kappa shape index (κ2) is 2.41. The fourth-order valence-electron chi connectivity index (χ4n) is 0.546. The minimum absolute atomic E-state index is 0.574. The second-order valence-electron chi connectivity index (χ2n) is 1.76. The van der Waals surface area contributed by atoms with Gasteiger partial charge in [0.2, 0.25) is 11.7 Å². The van der Waals surface area contributed by atoms with E-state index in [1.165, 1.54) is 0 Å². The van der Waals surface area contributed by atoms with Gasteiger partial charge in [-0.1, -0.05) is 0 Å². The first kappa shape index (κ1) is 7.26. The summed E-state index contributed by atoms with van der Waals surface area (Å²) in [6.07, 6.45) is 0. The topological polar surface area (TPSA) is 103 Å². The van der Waals surface area contributed by atoms with Crippen molar-refractivity contribution in [3.8, 4) is 5.88 Å². The predicted octanol–water partition coefficient (Wildman–Crippen LogP) is -0.826. The molecule has 1 aromatic rings. The van der Waals surface area contributed by atoms with Crippen LogP contribution in [-0.4, -0.2) is 26.2 Å². The Morgan fingerprint density at radius 2 is 2.27 bits per heavy atom. The van der Waals surface area contributed by atoms with E-state index in [1.54, 1.807) is 0 Å². The van der Waals surface area contributed by atoms with E-state index in [1.807, 2.05) is 4.98 Å². The molecule has 0 saturated heterocycles. The van der Waals surface area contributed by atoms with Gasteiger partial charge in [0.1, 0.15) is 0 Å². The summed E-state index contributed by atoms with van der Waals surface area (Å²) in [5, 5.41) is 16.9. The molecule has 0 spiro atoms. The summed E-state index contributed by atoms with van der Waals surface area (Å²) in [5.41, 5.74) is -0.699. The number of carbonyl (C=O) groups is 1. The number of aromatic hydroxyl groups is 1. The Hall–Kier alpha value is -1.85. The molecule has 0 aliphatic carbocycles. The summed E-state index contributed by atoms with van der Waals surface area (Å²) in [7, 11) is 0. The monoisotopic (exact) mass is 156 g/mol. The zero-order valence-corrected chi connectivity index (χ0v) is 5.24. The van der Waals surface area contributed by atoms with E-state index in [-0.39, 0.29) is 0 Å². The molecule has 0 saturated carbocycles. The van der Waals surface area contributed by atoms with E-state index in [2.05, 4.69) is 4.98 Å². The summed E-state index contributed by atoms with van der Waals surface area (Å²) < 4.78 is 0. The molecule has 0 fully saturated rings. The number of H-pyrrole nitrogens is 1. The van der Waals surface area contributed by atoms with Gasteiger partial charge in [-0.2, -0.15) is 4.98 Å². The van der Waals surface area contributed by atoms with Crippen molar-refractivity contribution >= 4 is 5.97 Å². The van der Waals surface area contributed by atoms with Crippen LogP contribution < -0.4 is 5.56 Å². The van der Waals surface area contributed by atoms with Crippen LogP contribution in [0.4, 0.5) is 0 Å². The van der Waals surface area contributed by atoms with Crippen LogP contribution in [0.25, 0.3) is 0 Å². The molecule has 0 radical (unpaired) electrons. The fraction of sp³-hybridized carbons (Fsp3) is 0. The van der Waals surface area contributed by atoms with Crippen LogP contribution in [0.5, 0.6) is 5.88 Å². The van der Waals surface area contributed by atoms with E-state index < -0.39 is 23.2 Å². The lowest BCUT2D eigenvalue weighted by Gasteiger charge is -1.92. The molecular weight excluding hydrogens is 152 g/mol. The van der Waals surface area contributed by atoms with Gasteiger partial charge in [-0.15, -0.1) is 0 Å². The minimum atomic E-state index is -1.39. The zero-order valence-electron chi connectivity index (χ0n) is 5.24. The van der Waals surface area contributed by atoms with Crippen molar-refractivity contribution in [1.82, 2.24) is 9.97 Å². The molecule has 6 heteroatoms. The molecule has 0 aliphatic heterocycles. The first-order valence-electron chi connectivity index (χ1n) is 2.63. The van der Waals surface area contributed by atoms with Crippen LogP contribution in [0, 0.1) is 0 Å². The highest BCUT2D eigenvalue weighted by Gasteiger charge is 2.06. The number of carboxylic acid groups (broad SMARTS) is 1. The van der Waals surface area contributed by atoms with Crippen LogP contribution in [0.3, 0.4) is 0 Å². The molecule has 0 unspecified atom stereocenters. The maximum absolute atomic E-state index is 10.5. The third kappa shape index (κ3) is 1.54. The van der Waals surface area contributed by atoms with Gasteiger partial charge < -0.3 is 15.2 Å². The molecule has 6 nitrogen and oxygen atoms in total. The van der Waals surface area contributed by atoms with Gasteiger partial charge >= 0.3 is 5.97 Å². The number of nitrogens with one attached hydrogen (secondary N) is 1. The number of aromatic nitrogens is 2. The van der Waals surface area contributed by atoms with Gasteiger partial charge in [0.15, 0.2) is 0 Å². The number of nitrogens with zero attached hydrogens (tertiary/aromatic N) is 1. The lowest BCUT2D eigenvalue weighted by Crippen LogP contribution is -2.13. The van der Waals surface area contributed by atoms with Crippen molar-refractivity contribution in [3.63, 3.8) is 0 Å². The molecule has 1 heterocycles. The third-order valence-corrected chi connectivity index (χ3v) is 0.931. The van der Waals surface area contributed by atoms with Crippen molar-refractivity contribution in [2.75, 3.05) is 0 Å². The van der Waals surface area contributed by atoms with E-state index >= 15 is 0 Å². The van der Waals surface area contributed by atoms with Crippen molar-refractivity contribution in [3.05, 3.63) is 22.2 Å². The van der Waals surface area contributed by atoms with Gasteiger partial charge in [-0.05, 0) is 0 Å². The molecule has 1 aromatic heterocycles. The lowest BCUT2D eigenvalue weighted by molar-refractivity contribution is 0.0681. The van der Waals surface area contributed by atoms with Crippen molar-refractivity contribution in [1.29, 1.82) is 0 Å². The zero-order chi connectivity index (χ0) is 8.43. The molecule has 1 rings (SSSR count). The van der Waals surface area contributed by atoms with Gasteiger partial charge in [0.05, 0.1) is 6.07 Å². The van der Waals surface area contributed by atoms with Crippen LogP contribution in [-0.2, 0) is 0 Å². The molecule has 11 heavy (non-hydrogen) atoms. The summed E-state index contributed by atoms with van der Waals surface area (Å²) in [5.74, 6) is -2.57. The van der Waals surface area contributed by atoms with E-state index in [9.17, 15) is 9.59 Å². The molecule has 0 amide bonds. The second-order valence-corrected chi connectivity index (χ2v) is 1.76. The van der Waals surface area contributed by atoms with Crippen molar-refractivity contribution in [2.24, 2.45) is 0 Å². The number of hydrogen-bond acceptors (Lipinski definition) is 4. The summed E-state index contributed by atoms with van der Waals surface area (Å²) >= 11 is 0. The third-order valence-electron chi connectivity index (χ3n) is 0.931. The molecule has 0 bridgehead atoms. The highest BCUT2D eigenvalue weighted by atomic mass is 16.4. The highest BCUT2D eigenvalue weighted by molar-refractivity contribution is 5.83. The Morgan fingerprint density at radius 3 is 2.73 bits per heavy atom. The Bertz CT molecular complexity index is 343.